The normalized spacial score (nSPS) is 18.8. The van der Waals surface area contributed by atoms with Gasteiger partial charge in [-0.3, -0.25) is 14.6 Å². The minimum atomic E-state index is -0.168. The van der Waals surface area contributed by atoms with Crippen molar-refractivity contribution in [1.29, 1.82) is 0 Å². The van der Waals surface area contributed by atoms with Gasteiger partial charge in [-0.05, 0) is 32.9 Å². The van der Waals surface area contributed by atoms with Gasteiger partial charge in [0.15, 0.2) is 5.82 Å². The van der Waals surface area contributed by atoms with Crippen LogP contribution in [0.3, 0.4) is 0 Å². The molecular weight excluding hydrogens is 322 g/mol. The average molecular weight is 347 g/mol. The molecule has 25 heavy (non-hydrogen) atoms. The van der Waals surface area contributed by atoms with Gasteiger partial charge in [0.1, 0.15) is 5.76 Å². The number of carbonyl (C=O) groups excluding carboxylic acids is 1. The van der Waals surface area contributed by atoms with Crippen molar-refractivity contribution in [2.24, 2.45) is 0 Å². The van der Waals surface area contributed by atoms with E-state index < -0.39 is 0 Å². The maximum absolute atomic E-state index is 12.3. The molecule has 1 amide bonds. The summed E-state index contributed by atoms with van der Waals surface area (Å²) in [6.45, 7) is 9.63. The second-order valence-corrected chi connectivity index (χ2v) is 6.40. The van der Waals surface area contributed by atoms with Gasteiger partial charge in [-0.15, -0.1) is 0 Å². The van der Waals surface area contributed by atoms with E-state index >= 15 is 0 Å². The van der Waals surface area contributed by atoms with Crippen LogP contribution in [0, 0.1) is 6.92 Å². The van der Waals surface area contributed by atoms with Gasteiger partial charge in [0.05, 0.1) is 24.9 Å². The van der Waals surface area contributed by atoms with E-state index in [0.29, 0.717) is 18.3 Å². The second kappa shape index (κ2) is 7.79. The largest absolute Gasteiger partial charge is 0.467 e. The first-order valence-electron chi connectivity index (χ1n) is 8.63. The summed E-state index contributed by atoms with van der Waals surface area (Å²) in [5.74, 6) is 2.08. The summed E-state index contributed by atoms with van der Waals surface area (Å²) in [6.07, 6.45) is 1.61. The fourth-order valence-corrected chi connectivity index (χ4v) is 3.05. The first kappa shape index (κ1) is 17.6. The molecule has 0 radical (unpaired) electrons. The highest BCUT2D eigenvalue weighted by Crippen LogP contribution is 2.20. The molecule has 0 bridgehead atoms. The maximum atomic E-state index is 12.3. The Hall–Kier alpha value is -2.19. The topological polar surface area (TPSA) is 87.6 Å². The van der Waals surface area contributed by atoms with Crippen LogP contribution in [-0.4, -0.2) is 58.1 Å². The summed E-state index contributed by atoms with van der Waals surface area (Å²) in [5, 5.41) is 6.78. The zero-order chi connectivity index (χ0) is 17.8. The van der Waals surface area contributed by atoms with Crippen molar-refractivity contribution in [3.63, 3.8) is 0 Å². The van der Waals surface area contributed by atoms with Crippen LogP contribution in [0.2, 0.25) is 0 Å². The minimum Gasteiger partial charge on any atom is -0.467 e. The van der Waals surface area contributed by atoms with Gasteiger partial charge in [0, 0.05) is 26.2 Å². The number of carbonyl (C=O) groups is 1. The molecule has 8 nitrogen and oxygen atoms in total. The molecule has 1 aliphatic heterocycles. The Morgan fingerprint density at radius 3 is 2.60 bits per heavy atom. The molecule has 3 rings (SSSR count). The molecule has 0 unspecified atom stereocenters. The van der Waals surface area contributed by atoms with Crippen molar-refractivity contribution < 1.29 is 13.7 Å². The van der Waals surface area contributed by atoms with Crippen LogP contribution in [0.15, 0.2) is 27.3 Å². The fraction of sp³-hybridized carbons (Fsp3) is 0.588. The quantitative estimate of drug-likeness (QED) is 0.844. The first-order chi connectivity index (χ1) is 12.0. The van der Waals surface area contributed by atoms with Gasteiger partial charge >= 0.3 is 0 Å². The van der Waals surface area contributed by atoms with Crippen LogP contribution in [0.1, 0.15) is 37.4 Å². The van der Waals surface area contributed by atoms with Crippen molar-refractivity contribution in [3.8, 4) is 0 Å². The fourth-order valence-electron chi connectivity index (χ4n) is 3.05. The van der Waals surface area contributed by atoms with Gasteiger partial charge in [0.25, 0.3) is 0 Å². The lowest BCUT2D eigenvalue weighted by Crippen LogP contribution is -2.54. The van der Waals surface area contributed by atoms with Crippen LogP contribution in [0.5, 0.6) is 0 Å². The minimum absolute atomic E-state index is 0.0189. The number of furan rings is 1. The standard InChI is InChI=1S/C17H25N5O3/c1-12(16(23)18-11-15-5-4-10-24-15)21-6-8-22(9-7-21)13(2)17-19-14(3)20-25-17/h4-5,10,12-13H,6-9,11H2,1-3H3,(H,18,23)/t12-,13+/m0/s1. The molecule has 2 aromatic rings. The molecule has 0 aromatic carbocycles. The zero-order valence-electron chi connectivity index (χ0n) is 14.9. The summed E-state index contributed by atoms with van der Waals surface area (Å²) in [5.41, 5.74) is 0. The molecular formula is C17H25N5O3. The highest BCUT2D eigenvalue weighted by molar-refractivity contribution is 5.81. The van der Waals surface area contributed by atoms with Gasteiger partial charge < -0.3 is 14.3 Å². The SMILES string of the molecule is Cc1noc([C@@H](C)N2CCN([C@@H](C)C(=O)NCc3ccco3)CC2)n1. The van der Waals surface area contributed by atoms with E-state index in [9.17, 15) is 4.79 Å². The van der Waals surface area contributed by atoms with Crippen molar-refractivity contribution >= 4 is 5.91 Å². The third-order valence-electron chi connectivity index (χ3n) is 4.74. The van der Waals surface area contributed by atoms with Crippen molar-refractivity contribution in [1.82, 2.24) is 25.3 Å². The predicted octanol–water partition coefficient (Wildman–Crippen LogP) is 1.35. The third-order valence-corrected chi connectivity index (χ3v) is 4.74. The molecule has 1 fully saturated rings. The van der Waals surface area contributed by atoms with Crippen LogP contribution in [0.4, 0.5) is 0 Å². The number of nitrogens with one attached hydrogen (secondary N) is 1. The average Bonchev–Trinajstić information content (AvgIpc) is 3.30. The van der Waals surface area contributed by atoms with Gasteiger partial charge in [-0.25, -0.2) is 0 Å². The summed E-state index contributed by atoms with van der Waals surface area (Å²) >= 11 is 0. The summed E-state index contributed by atoms with van der Waals surface area (Å²) in [7, 11) is 0. The molecule has 1 aliphatic rings. The van der Waals surface area contributed by atoms with E-state index in [1.54, 1.807) is 6.26 Å². The Morgan fingerprint density at radius 2 is 2.00 bits per heavy atom. The lowest BCUT2D eigenvalue weighted by molar-refractivity contribution is -0.127. The number of hydrogen-bond acceptors (Lipinski definition) is 7. The molecule has 8 heteroatoms. The number of rotatable bonds is 6. The lowest BCUT2D eigenvalue weighted by atomic mass is 10.2. The summed E-state index contributed by atoms with van der Waals surface area (Å²) in [6, 6.07) is 3.59. The van der Waals surface area contributed by atoms with Crippen LogP contribution < -0.4 is 5.32 Å². The predicted molar refractivity (Wildman–Crippen MR) is 90.6 cm³/mol. The summed E-state index contributed by atoms with van der Waals surface area (Å²) < 4.78 is 10.5. The van der Waals surface area contributed by atoms with Crippen molar-refractivity contribution in [2.45, 2.75) is 39.4 Å². The van der Waals surface area contributed by atoms with Crippen LogP contribution in [0.25, 0.3) is 0 Å². The molecule has 3 heterocycles. The maximum Gasteiger partial charge on any atom is 0.243 e. The molecule has 0 aliphatic carbocycles. The second-order valence-electron chi connectivity index (χ2n) is 6.40. The third kappa shape index (κ3) is 4.26. The molecule has 1 N–H and O–H groups in total. The number of piperazine rings is 1. The Labute approximate surface area is 147 Å². The molecule has 0 spiro atoms. The van der Waals surface area contributed by atoms with Crippen LogP contribution >= 0.6 is 0 Å². The highest BCUT2D eigenvalue weighted by Gasteiger charge is 2.29. The van der Waals surface area contributed by atoms with E-state index in [0.717, 1.165) is 31.9 Å². The van der Waals surface area contributed by atoms with Gasteiger partial charge in [-0.2, -0.15) is 4.98 Å². The Morgan fingerprint density at radius 1 is 1.28 bits per heavy atom. The van der Waals surface area contributed by atoms with Crippen molar-refractivity contribution in [2.75, 3.05) is 26.2 Å². The lowest BCUT2D eigenvalue weighted by Gasteiger charge is -2.39. The molecule has 2 atom stereocenters. The first-order valence-corrected chi connectivity index (χ1v) is 8.63. The Bertz CT molecular complexity index is 676. The van der Waals surface area contributed by atoms with E-state index in [1.807, 2.05) is 26.0 Å². The van der Waals surface area contributed by atoms with E-state index in [-0.39, 0.29) is 18.0 Å². The molecule has 0 saturated carbocycles. The number of aryl methyl sites for hydroxylation is 1. The van der Waals surface area contributed by atoms with Gasteiger partial charge in [-0.1, -0.05) is 5.16 Å². The van der Waals surface area contributed by atoms with Crippen LogP contribution in [-0.2, 0) is 11.3 Å². The van der Waals surface area contributed by atoms with E-state index in [1.165, 1.54) is 0 Å². The van der Waals surface area contributed by atoms with E-state index in [4.69, 9.17) is 8.94 Å². The monoisotopic (exact) mass is 347 g/mol. The zero-order valence-corrected chi connectivity index (χ0v) is 14.9. The Kier molecular flexibility index (Phi) is 5.50. The Balaban J connectivity index is 1.46. The number of nitrogens with zero attached hydrogens (tertiary/aromatic N) is 4. The molecule has 136 valence electrons. The number of hydrogen-bond donors (Lipinski definition) is 1. The van der Waals surface area contributed by atoms with Gasteiger partial charge in [0.2, 0.25) is 11.8 Å². The highest BCUT2D eigenvalue weighted by atomic mass is 16.5. The number of amides is 1. The summed E-state index contributed by atoms with van der Waals surface area (Å²) in [4.78, 5) is 21.1. The molecule has 2 aromatic heterocycles. The van der Waals surface area contributed by atoms with Crippen molar-refractivity contribution in [3.05, 3.63) is 35.9 Å². The molecule has 1 saturated heterocycles. The number of aromatic nitrogens is 2. The van der Waals surface area contributed by atoms with E-state index in [2.05, 4.69) is 32.2 Å². The smallest absolute Gasteiger partial charge is 0.243 e.